The third-order valence-corrected chi connectivity index (χ3v) is 4.99. The number of hydrogen-bond donors (Lipinski definition) is 0. The highest BCUT2D eigenvalue weighted by molar-refractivity contribution is 8.02. The summed E-state index contributed by atoms with van der Waals surface area (Å²) in [6.07, 6.45) is 0.712. The Labute approximate surface area is 126 Å². The van der Waals surface area contributed by atoms with Crippen molar-refractivity contribution in [3.8, 4) is 10.6 Å². The molecule has 0 amide bonds. The van der Waals surface area contributed by atoms with Crippen molar-refractivity contribution in [2.24, 2.45) is 0 Å². The van der Waals surface area contributed by atoms with Crippen LogP contribution in [0.1, 0.15) is 20.3 Å². The summed E-state index contributed by atoms with van der Waals surface area (Å²) < 4.78 is 5.85. The molecule has 20 heavy (non-hydrogen) atoms. The van der Waals surface area contributed by atoms with Gasteiger partial charge in [-0.3, -0.25) is 4.79 Å². The van der Waals surface area contributed by atoms with Gasteiger partial charge < -0.3 is 4.74 Å². The van der Waals surface area contributed by atoms with Gasteiger partial charge in [0, 0.05) is 5.56 Å². The van der Waals surface area contributed by atoms with Gasteiger partial charge >= 0.3 is 5.97 Å². The SMILES string of the molecule is CCOC(=O)C(CC)Sc1nnc(-c2ccccc2)s1. The van der Waals surface area contributed by atoms with Crippen LogP contribution in [0.2, 0.25) is 0 Å². The highest BCUT2D eigenvalue weighted by Gasteiger charge is 2.21. The molecule has 0 aliphatic carbocycles. The molecule has 0 fully saturated rings. The van der Waals surface area contributed by atoms with Gasteiger partial charge in [-0.05, 0) is 13.3 Å². The number of hydrogen-bond acceptors (Lipinski definition) is 6. The van der Waals surface area contributed by atoms with E-state index in [4.69, 9.17) is 4.74 Å². The van der Waals surface area contributed by atoms with E-state index in [0.29, 0.717) is 13.0 Å². The lowest BCUT2D eigenvalue weighted by atomic mass is 10.2. The molecular weight excluding hydrogens is 292 g/mol. The molecule has 1 heterocycles. The van der Waals surface area contributed by atoms with Crippen LogP contribution >= 0.6 is 23.1 Å². The molecule has 0 aliphatic rings. The number of ether oxygens (including phenoxy) is 1. The predicted molar refractivity (Wildman–Crippen MR) is 81.9 cm³/mol. The molecule has 1 atom stereocenters. The summed E-state index contributed by atoms with van der Waals surface area (Å²) in [6.45, 7) is 4.18. The summed E-state index contributed by atoms with van der Waals surface area (Å²) in [7, 11) is 0. The topological polar surface area (TPSA) is 52.1 Å². The smallest absolute Gasteiger partial charge is 0.319 e. The Morgan fingerprint density at radius 2 is 2.05 bits per heavy atom. The first-order valence-electron chi connectivity index (χ1n) is 6.46. The van der Waals surface area contributed by atoms with Crippen molar-refractivity contribution in [2.75, 3.05) is 6.61 Å². The third kappa shape index (κ3) is 3.80. The molecule has 106 valence electrons. The van der Waals surface area contributed by atoms with E-state index in [0.717, 1.165) is 14.9 Å². The number of rotatable bonds is 6. The second-order valence-corrected chi connectivity index (χ2v) is 6.43. The van der Waals surface area contributed by atoms with Gasteiger partial charge in [0.15, 0.2) is 4.34 Å². The van der Waals surface area contributed by atoms with E-state index in [1.807, 2.05) is 44.2 Å². The standard InChI is InChI=1S/C14H16N2O2S2/c1-3-11(13(17)18-4-2)19-14-16-15-12(20-14)10-8-6-5-7-9-10/h5-9,11H,3-4H2,1-2H3. The molecule has 0 radical (unpaired) electrons. The van der Waals surface area contributed by atoms with Crippen molar-refractivity contribution in [3.05, 3.63) is 30.3 Å². The van der Waals surface area contributed by atoms with Crippen LogP contribution in [0.3, 0.4) is 0 Å². The zero-order valence-electron chi connectivity index (χ0n) is 11.4. The Morgan fingerprint density at radius 1 is 1.30 bits per heavy atom. The lowest BCUT2D eigenvalue weighted by Gasteiger charge is -2.10. The summed E-state index contributed by atoms with van der Waals surface area (Å²) in [6, 6.07) is 9.90. The van der Waals surface area contributed by atoms with Gasteiger partial charge in [-0.2, -0.15) is 0 Å². The summed E-state index contributed by atoms with van der Waals surface area (Å²) in [4.78, 5) is 11.8. The van der Waals surface area contributed by atoms with Gasteiger partial charge in [-0.25, -0.2) is 0 Å². The van der Waals surface area contributed by atoms with E-state index in [1.54, 1.807) is 0 Å². The first kappa shape index (κ1) is 15.0. The number of benzene rings is 1. The van der Waals surface area contributed by atoms with E-state index in [1.165, 1.54) is 23.1 Å². The fourth-order valence-corrected chi connectivity index (χ4v) is 3.63. The molecular formula is C14H16N2O2S2. The highest BCUT2D eigenvalue weighted by Crippen LogP contribution is 2.32. The molecule has 0 N–H and O–H groups in total. The highest BCUT2D eigenvalue weighted by atomic mass is 32.2. The number of carbonyl (C=O) groups excluding carboxylic acids is 1. The minimum atomic E-state index is -0.216. The van der Waals surface area contributed by atoms with Crippen molar-refractivity contribution in [1.82, 2.24) is 10.2 Å². The van der Waals surface area contributed by atoms with Crippen molar-refractivity contribution < 1.29 is 9.53 Å². The maximum Gasteiger partial charge on any atom is 0.319 e. The number of aromatic nitrogens is 2. The largest absolute Gasteiger partial charge is 0.465 e. The molecule has 2 rings (SSSR count). The Balaban J connectivity index is 2.07. The summed E-state index contributed by atoms with van der Waals surface area (Å²) in [5, 5.41) is 8.97. The van der Waals surface area contributed by atoms with Crippen LogP contribution < -0.4 is 0 Å². The quantitative estimate of drug-likeness (QED) is 0.602. The van der Waals surface area contributed by atoms with Gasteiger partial charge in [-0.15, -0.1) is 10.2 Å². The average Bonchev–Trinajstić information content (AvgIpc) is 2.94. The molecule has 0 saturated carbocycles. The molecule has 0 bridgehead atoms. The molecule has 1 unspecified atom stereocenters. The fraction of sp³-hybridized carbons (Fsp3) is 0.357. The Morgan fingerprint density at radius 3 is 2.70 bits per heavy atom. The minimum Gasteiger partial charge on any atom is -0.465 e. The average molecular weight is 308 g/mol. The molecule has 6 heteroatoms. The van der Waals surface area contributed by atoms with E-state index in [2.05, 4.69) is 10.2 Å². The predicted octanol–water partition coefficient (Wildman–Crippen LogP) is 3.64. The van der Waals surface area contributed by atoms with Gasteiger partial charge in [0.2, 0.25) is 0 Å². The maximum atomic E-state index is 11.8. The third-order valence-electron chi connectivity index (χ3n) is 2.59. The van der Waals surface area contributed by atoms with Crippen molar-refractivity contribution in [2.45, 2.75) is 29.9 Å². The zero-order chi connectivity index (χ0) is 14.4. The lowest BCUT2D eigenvalue weighted by Crippen LogP contribution is -2.19. The number of thioether (sulfide) groups is 1. The molecule has 1 aromatic heterocycles. The first-order chi connectivity index (χ1) is 9.74. The zero-order valence-corrected chi connectivity index (χ0v) is 13.0. The van der Waals surface area contributed by atoms with Crippen molar-refractivity contribution in [1.29, 1.82) is 0 Å². The first-order valence-corrected chi connectivity index (χ1v) is 8.16. The Hall–Kier alpha value is -1.40. The summed E-state index contributed by atoms with van der Waals surface area (Å²) in [5.74, 6) is -0.184. The molecule has 0 spiro atoms. The summed E-state index contributed by atoms with van der Waals surface area (Å²) >= 11 is 2.92. The minimum absolute atomic E-state index is 0.184. The van der Waals surface area contributed by atoms with Crippen LogP contribution in [0.5, 0.6) is 0 Å². The van der Waals surface area contributed by atoms with Crippen LogP contribution in [0.25, 0.3) is 10.6 Å². The van der Waals surface area contributed by atoms with Crippen molar-refractivity contribution >= 4 is 29.1 Å². The monoisotopic (exact) mass is 308 g/mol. The normalized spacial score (nSPS) is 12.1. The van der Waals surface area contributed by atoms with E-state index < -0.39 is 0 Å². The number of carbonyl (C=O) groups is 1. The molecule has 4 nitrogen and oxygen atoms in total. The fourth-order valence-electron chi connectivity index (χ4n) is 1.61. The van der Waals surface area contributed by atoms with Crippen LogP contribution in [-0.2, 0) is 9.53 Å². The second-order valence-electron chi connectivity index (χ2n) is 4.01. The van der Waals surface area contributed by atoms with Crippen LogP contribution in [0.4, 0.5) is 0 Å². The molecule has 1 aromatic carbocycles. The second kappa shape index (κ2) is 7.40. The Bertz CT molecular complexity index is 557. The lowest BCUT2D eigenvalue weighted by molar-refractivity contribution is -0.142. The van der Waals surface area contributed by atoms with E-state index in [9.17, 15) is 4.79 Å². The van der Waals surface area contributed by atoms with E-state index >= 15 is 0 Å². The number of esters is 1. The van der Waals surface area contributed by atoms with Crippen LogP contribution in [0, 0.1) is 0 Å². The van der Waals surface area contributed by atoms with Gasteiger partial charge in [0.25, 0.3) is 0 Å². The van der Waals surface area contributed by atoms with Gasteiger partial charge in [0.1, 0.15) is 10.3 Å². The van der Waals surface area contributed by atoms with Crippen LogP contribution in [0.15, 0.2) is 34.7 Å². The number of nitrogens with zero attached hydrogens (tertiary/aromatic N) is 2. The van der Waals surface area contributed by atoms with E-state index in [-0.39, 0.29) is 11.2 Å². The maximum absolute atomic E-state index is 11.8. The summed E-state index contributed by atoms with van der Waals surface area (Å²) in [5.41, 5.74) is 1.04. The Kier molecular flexibility index (Phi) is 5.55. The molecule has 0 saturated heterocycles. The molecule has 2 aromatic rings. The van der Waals surface area contributed by atoms with Crippen molar-refractivity contribution in [3.63, 3.8) is 0 Å². The molecule has 0 aliphatic heterocycles. The van der Waals surface area contributed by atoms with Crippen LogP contribution in [-0.4, -0.2) is 28.0 Å². The van der Waals surface area contributed by atoms with Gasteiger partial charge in [0.05, 0.1) is 6.61 Å². The van der Waals surface area contributed by atoms with Gasteiger partial charge in [-0.1, -0.05) is 60.4 Å².